The fourth-order valence-corrected chi connectivity index (χ4v) is 4.83. The number of carbonyl (C=O) groups excluding carboxylic acids is 2. The van der Waals surface area contributed by atoms with Gasteiger partial charge in [-0.15, -0.1) is 0 Å². The van der Waals surface area contributed by atoms with Gasteiger partial charge in [0.05, 0.1) is 30.3 Å². The molecule has 1 aliphatic heterocycles. The molecule has 0 radical (unpaired) electrons. The fraction of sp³-hybridized carbons (Fsp3) is 0.308. The molecule has 1 unspecified atom stereocenters. The number of hydrogen-bond donors (Lipinski definition) is 2. The first-order valence-electron chi connectivity index (χ1n) is 11.2. The number of furan rings is 1. The molecular weight excluding hydrogens is 532 g/mol. The Morgan fingerprint density at radius 2 is 1.86 bits per heavy atom. The number of para-hydroxylation sites is 1. The van der Waals surface area contributed by atoms with E-state index in [4.69, 9.17) is 13.9 Å². The summed E-state index contributed by atoms with van der Waals surface area (Å²) >= 11 is 3.31. The smallest absolute Gasteiger partial charge is 0.290 e. The van der Waals surface area contributed by atoms with Crippen LogP contribution in [0.15, 0.2) is 56.6 Å². The minimum atomic E-state index is -0.923. The SMILES string of the molecule is COc1cc(C2C(C(=O)c3cc4cccc(OC)c4o3)=C(O)C(=O)N2CCCN(C)C)cc(Br)c1O. The molecule has 2 aromatic carbocycles. The largest absolute Gasteiger partial charge is 0.503 e. The zero-order valence-corrected chi connectivity index (χ0v) is 22.0. The van der Waals surface area contributed by atoms with Crippen LogP contribution in [-0.2, 0) is 4.79 Å². The highest BCUT2D eigenvalue weighted by Gasteiger charge is 2.44. The number of aromatic hydroxyl groups is 1. The number of phenols is 1. The first kappa shape index (κ1) is 25.6. The van der Waals surface area contributed by atoms with Gasteiger partial charge in [0.2, 0.25) is 5.78 Å². The monoisotopic (exact) mass is 558 g/mol. The maximum atomic E-state index is 13.8. The van der Waals surface area contributed by atoms with E-state index >= 15 is 0 Å². The number of nitrogens with zero attached hydrogens (tertiary/aromatic N) is 2. The molecule has 0 bridgehead atoms. The highest BCUT2D eigenvalue weighted by atomic mass is 79.9. The van der Waals surface area contributed by atoms with Crippen molar-refractivity contribution in [1.82, 2.24) is 9.80 Å². The topological polar surface area (TPSA) is 113 Å². The van der Waals surface area contributed by atoms with E-state index in [1.165, 1.54) is 19.1 Å². The molecule has 1 atom stereocenters. The van der Waals surface area contributed by atoms with Crippen LogP contribution in [0.5, 0.6) is 17.2 Å². The molecule has 0 fully saturated rings. The summed E-state index contributed by atoms with van der Waals surface area (Å²) < 4.78 is 16.8. The third-order valence-corrected chi connectivity index (χ3v) is 6.70. The second-order valence-corrected chi connectivity index (χ2v) is 9.55. The van der Waals surface area contributed by atoms with Gasteiger partial charge in [0.25, 0.3) is 5.91 Å². The predicted molar refractivity (Wildman–Crippen MR) is 137 cm³/mol. The molecule has 1 amide bonds. The van der Waals surface area contributed by atoms with Gasteiger partial charge in [0.15, 0.2) is 34.4 Å². The number of hydrogen-bond acceptors (Lipinski definition) is 8. The van der Waals surface area contributed by atoms with Crippen molar-refractivity contribution in [2.75, 3.05) is 41.4 Å². The Morgan fingerprint density at radius 1 is 1.14 bits per heavy atom. The summed E-state index contributed by atoms with van der Waals surface area (Å²) in [5.41, 5.74) is 0.763. The highest BCUT2D eigenvalue weighted by molar-refractivity contribution is 9.10. The van der Waals surface area contributed by atoms with Crippen LogP contribution in [0, 0.1) is 0 Å². The quantitative estimate of drug-likeness (QED) is 0.370. The molecular formula is C26H27BrN2O7. The molecule has 1 aromatic heterocycles. The molecule has 0 saturated carbocycles. The lowest BCUT2D eigenvalue weighted by atomic mass is 9.94. The number of Topliss-reactive ketones (excluding diaryl/α,β-unsaturated/α-hetero) is 1. The Bertz CT molecular complexity index is 1360. The summed E-state index contributed by atoms with van der Waals surface area (Å²) in [5, 5.41) is 21.9. The summed E-state index contributed by atoms with van der Waals surface area (Å²) in [6.45, 7) is 0.990. The van der Waals surface area contributed by atoms with Gasteiger partial charge in [-0.1, -0.05) is 12.1 Å². The van der Waals surface area contributed by atoms with E-state index in [9.17, 15) is 19.8 Å². The Labute approximate surface area is 216 Å². The number of methoxy groups -OCH3 is 2. The molecule has 2 N–H and O–H groups in total. The van der Waals surface area contributed by atoms with Gasteiger partial charge in [-0.3, -0.25) is 9.59 Å². The van der Waals surface area contributed by atoms with E-state index in [1.807, 2.05) is 19.0 Å². The van der Waals surface area contributed by atoms with Gasteiger partial charge < -0.3 is 33.9 Å². The molecule has 190 valence electrons. The van der Waals surface area contributed by atoms with Crippen LogP contribution in [0.4, 0.5) is 0 Å². The highest BCUT2D eigenvalue weighted by Crippen LogP contribution is 2.44. The van der Waals surface area contributed by atoms with Crippen molar-refractivity contribution in [2.45, 2.75) is 12.5 Å². The number of ether oxygens (including phenoxy) is 2. The Hall–Kier alpha value is -3.50. The maximum Gasteiger partial charge on any atom is 0.290 e. The van der Waals surface area contributed by atoms with Crippen LogP contribution in [0.2, 0.25) is 0 Å². The van der Waals surface area contributed by atoms with Gasteiger partial charge in [-0.05, 0) is 72.8 Å². The van der Waals surface area contributed by atoms with Gasteiger partial charge >= 0.3 is 0 Å². The van der Waals surface area contributed by atoms with E-state index in [1.54, 1.807) is 36.4 Å². The summed E-state index contributed by atoms with van der Waals surface area (Å²) in [6, 6.07) is 9.05. The van der Waals surface area contributed by atoms with Crippen molar-refractivity contribution in [3.05, 3.63) is 63.5 Å². The van der Waals surface area contributed by atoms with E-state index in [0.717, 1.165) is 0 Å². The van der Waals surface area contributed by atoms with Crippen LogP contribution >= 0.6 is 15.9 Å². The van der Waals surface area contributed by atoms with Gasteiger partial charge in [0, 0.05) is 11.9 Å². The van der Waals surface area contributed by atoms with Crippen molar-refractivity contribution < 1.29 is 33.7 Å². The van der Waals surface area contributed by atoms with Crippen molar-refractivity contribution in [1.29, 1.82) is 0 Å². The summed E-state index contributed by atoms with van der Waals surface area (Å²) in [5.74, 6) is -1.44. The van der Waals surface area contributed by atoms with Crippen molar-refractivity contribution in [3.8, 4) is 17.2 Å². The van der Waals surface area contributed by atoms with Gasteiger partial charge in [-0.2, -0.15) is 0 Å². The number of ketones is 1. The fourth-order valence-electron chi connectivity index (χ4n) is 4.37. The van der Waals surface area contributed by atoms with Crippen LogP contribution in [0.1, 0.15) is 28.6 Å². The predicted octanol–water partition coefficient (Wildman–Crippen LogP) is 4.45. The molecule has 0 spiro atoms. The summed E-state index contributed by atoms with van der Waals surface area (Å²) in [4.78, 5) is 30.4. The molecule has 10 heteroatoms. The van der Waals surface area contributed by atoms with Crippen LogP contribution < -0.4 is 9.47 Å². The summed E-state index contributed by atoms with van der Waals surface area (Å²) in [6.07, 6.45) is 0.613. The molecule has 4 rings (SSSR count). The zero-order valence-electron chi connectivity index (χ0n) is 20.4. The third kappa shape index (κ3) is 4.54. The van der Waals surface area contributed by atoms with E-state index in [0.29, 0.717) is 39.7 Å². The second kappa shape index (κ2) is 10.2. The number of aliphatic hydroxyl groups is 1. The minimum absolute atomic E-state index is 0.0335. The van der Waals surface area contributed by atoms with Gasteiger partial charge in [-0.25, -0.2) is 0 Å². The number of rotatable bonds is 9. The van der Waals surface area contributed by atoms with Crippen LogP contribution in [-0.4, -0.2) is 73.1 Å². The Balaban J connectivity index is 1.82. The Morgan fingerprint density at radius 3 is 2.53 bits per heavy atom. The molecule has 0 saturated heterocycles. The Kier molecular flexibility index (Phi) is 7.28. The van der Waals surface area contributed by atoms with Gasteiger partial charge in [0.1, 0.15) is 0 Å². The van der Waals surface area contributed by atoms with Crippen molar-refractivity contribution in [2.24, 2.45) is 0 Å². The van der Waals surface area contributed by atoms with Crippen molar-refractivity contribution >= 4 is 38.6 Å². The lowest BCUT2D eigenvalue weighted by Crippen LogP contribution is -2.33. The number of carbonyl (C=O) groups is 2. The lowest BCUT2D eigenvalue weighted by Gasteiger charge is -2.27. The first-order valence-corrected chi connectivity index (χ1v) is 12.0. The maximum absolute atomic E-state index is 13.8. The third-order valence-electron chi connectivity index (χ3n) is 6.09. The summed E-state index contributed by atoms with van der Waals surface area (Å²) in [7, 11) is 6.75. The average Bonchev–Trinajstić information content (AvgIpc) is 3.40. The van der Waals surface area contributed by atoms with Crippen LogP contribution in [0.25, 0.3) is 11.0 Å². The van der Waals surface area contributed by atoms with Crippen molar-refractivity contribution in [3.63, 3.8) is 0 Å². The van der Waals surface area contributed by atoms with E-state index in [-0.39, 0.29) is 29.4 Å². The molecule has 2 heterocycles. The number of aliphatic hydroxyl groups excluding tert-OH is 1. The lowest BCUT2D eigenvalue weighted by molar-refractivity contribution is -0.129. The first-order chi connectivity index (χ1) is 17.2. The minimum Gasteiger partial charge on any atom is -0.503 e. The van der Waals surface area contributed by atoms with E-state index in [2.05, 4.69) is 15.9 Å². The number of fused-ring (bicyclic) bond motifs is 1. The molecule has 9 nitrogen and oxygen atoms in total. The number of benzene rings is 2. The number of halogens is 1. The average molecular weight is 559 g/mol. The van der Waals surface area contributed by atoms with E-state index < -0.39 is 23.5 Å². The molecule has 0 aliphatic carbocycles. The second-order valence-electron chi connectivity index (χ2n) is 8.69. The normalized spacial score (nSPS) is 15.9. The zero-order chi connectivity index (χ0) is 26.1. The standard InChI is InChI=1S/C26H27BrN2O7/c1-28(2)9-6-10-29-21(15-11-16(27)22(30)18(13-15)35-4)20(24(32)26(29)33)23(31)19-12-14-7-5-8-17(34-3)25(14)36-19/h5,7-8,11-13,21,30,32H,6,9-10H2,1-4H3. The van der Waals surface area contributed by atoms with Crippen LogP contribution in [0.3, 0.4) is 0 Å². The number of phenolic OH excluding ortho intramolecular Hbond substituents is 1. The molecule has 1 aliphatic rings. The molecule has 3 aromatic rings. The molecule has 36 heavy (non-hydrogen) atoms. The number of amides is 1.